The number of carbonyl (C=O) groups is 6. The number of hydrogen-bond donors (Lipinski definition) is 8. The van der Waals surface area contributed by atoms with Gasteiger partial charge in [0.1, 0.15) is 5.60 Å². The van der Waals surface area contributed by atoms with Crippen LogP contribution in [0.4, 0.5) is 10.5 Å². The van der Waals surface area contributed by atoms with Crippen LogP contribution in [0, 0.1) is 5.92 Å². The second-order valence-corrected chi connectivity index (χ2v) is 12.6. The summed E-state index contributed by atoms with van der Waals surface area (Å²) in [4.78, 5) is 74.1. The minimum absolute atomic E-state index is 0. The minimum Gasteiger partial charge on any atom is -0.528 e. The maximum Gasteiger partial charge on any atom is 0.312 e. The number of hydrogen-bond acceptors (Lipinski definition) is 11. The summed E-state index contributed by atoms with van der Waals surface area (Å²) in [6.07, 6.45) is 4.22. The van der Waals surface area contributed by atoms with E-state index in [0.29, 0.717) is 70.2 Å². The Labute approximate surface area is 319 Å². The summed E-state index contributed by atoms with van der Waals surface area (Å²) in [5.74, 6) is -0.296. The van der Waals surface area contributed by atoms with E-state index >= 15 is 0 Å². The summed E-state index contributed by atoms with van der Waals surface area (Å²) < 4.78 is 15.3. The number of nitrogens with one attached hydrogen (secondary N) is 5. The number of carbonyl (C=O) groups excluding carboxylic acids is 7. The zero-order valence-electron chi connectivity index (χ0n) is 33.2. The van der Waals surface area contributed by atoms with E-state index in [1.807, 2.05) is 41.5 Å². The molecule has 0 aliphatic rings. The number of nitrogens with two attached hydrogens (primary N) is 2. The predicted molar refractivity (Wildman–Crippen MR) is 204 cm³/mol. The first-order valence-corrected chi connectivity index (χ1v) is 17.7. The Morgan fingerprint density at radius 1 is 0.873 bits per heavy atom. The van der Waals surface area contributed by atoms with Gasteiger partial charge in [-0.25, -0.2) is 4.79 Å². The molecule has 0 aliphatic carbocycles. The molecule has 0 saturated heterocycles. The number of urea groups is 1. The molecule has 1 aromatic rings. The molecular weight excluding hydrogens is 963 g/mol. The topological polar surface area (TPSA) is 280 Å². The number of unbranched alkanes of at least 4 members (excludes halogenated alkanes) is 1. The molecule has 1 rings (SSSR count). The van der Waals surface area contributed by atoms with Crippen LogP contribution in [0.25, 0.3) is 0 Å². The molecule has 1 unspecified atom stereocenters. The standard InChI is InChI=1S/C15H28N3O5.C13H19N3O3.C7H14O2.CH3NO.Fm/c1-12(2)13(3)18-15(21)10-17-14(20)4-6-22-8-9-23-7-5-16-11-19;14-13(19)15-8-2-1-3-12(18)16-11-6-4-10(9-17)5-7-11;1-5-6(8)9-7(2,3)4;2-1-3;/h12-13H,4-10H2,1-3H3,(H,16,19)(H,17,20)(H,18,21);4-7,17H,1-3,8-9H2,(H,16,18)(H3,14,15,19);5H2,1-4H3;1H,(H2,2,3);/q-1;;;;. The Morgan fingerprint density at radius 3 is 1.93 bits per heavy atom. The van der Waals surface area contributed by atoms with Gasteiger partial charge in [-0.15, -0.1) is 0 Å². The van der Waals surface area contributed by atoms with Crippen LogP contribution in [0.2, 0.25) is 0 Å². The SMILES string of the molecule is CC(C)C(C)NC(=O)CNC(=O)CCOCCOCCN[C-]=O.CCC(=O)OC(C)(C)C.NC(=O)NCCCCC(=O)Nc1ccc(CO)cc1.NC=O.[Fm]. The fourth-order valence-electron chi connectivity index (χ4n) is 3.35. The van der Waals surface area contributed by atoms with E-state index in [0.717, 1.165) is 5.56 Å². The number of aliphatic hydroxyl groups is 1. The molecule has 0 aliphatic heterocycles. The van der Waals surface area contributed by atoms with Crippen LogP contribution in [-0.2, 0) is 49.6 Å². The van der Waals surface area contributed by atoms with Gasteiger partial charge in [0.2, 0.25) is 24.1 Å². The van der Waals surface area contributed by atoms with Crippen molar-refractivity contribution in [3.8, 4) is 0 Å². The third kappa shape index (κ3) is 42.5. The molecule has 19 heteroatoms. The van der Waals surface area contributed by atoms with E-state index in [-0.39, 0.29) is 67.9 Å². The zero-order valence-corrected chi connectivity index (χ0v) is 35.6. The molecular formula is C36H64FmN7O11-. The van der Waals surface area contributed by atoms with Crippen molar-refractivity contribution in [2.24, 2.45) is 17.4 Å². The summed E-state index contributed by atoms with van der Waals surface area (Å²) in [5.41, 5.74) is 10.3. The van der Waals surface area contributed by atoms with Gasteiger partial charge < -0.3 is 62.2 Å². The number of esters is 1. The molecule has 322 valence electrons. The maximum atomic E-state index is 11.6. The molecule has 1 aromatic carbocycles. The van der Waals surface area contributed by atoms with Crippen molar-refractivity contribution in [1.29, 1.82) is 0 Å². The molecule has 0 spiro atoms. The van der Waals surface area contributed by atoms with Crippen molar-refractivity contribution < 1.29 is 52.9 Å². The average molecular weight is 1030 g/mol. The number of aliphatic hydroxyl groups excluding tert-OH is 1. The van der Waals surface area contributed by atoms with Crippen LogP contribution >= 0.6 is 0 Å². The first kappa shape index (κ1) is 55.9. The second kappa shape index (κ2) is 36.5. The van der Waals surface area contributed by atoms with Gasteiger partial charge in [-0.3, -0.25) is 24.0 Å². The summed E-state index contributed by atoms with van der Waals surface area (Å²) >= 11 is 0. The molecule has 55 heavy (non-hydrogen) atoms. The third-order valence-electron chi connectivity index (χ3n) is 6.38. The smallest absolute Gasteiger partial charge is 0.312 e. The number of amides is 7. The Kier molecular flexibility index (Phi) is 37.2. The van der Waals surface area contributed by atoms with Crippen molar-refractivity contribution in [2.45, 2.75) is 98.8 Å². The third-order valence-corrected chi connectivity index (χ3v) is 6.38. The maximum absolute atomic E-state index is 11.6. The first-order chi connectivity index (χ1) is 25.5. The fourth-order valence-corrected chi connectivity index (χ4v) is 3.35. The van der Waals surface area contributed by atoms with E-state index in [1.54, 1.807) is 37.6 Å². The van der Waals surface area contributed by atoms with Gasteiger partial charge in [0.05, 0.1) is 39.6 Å². The largest absolute Gasteiger partial charge is 0.528 e. The molecule has 1 atom stereocenters. The van der Waals surface area contributed by atoms with Gasteiger partial charge in [-0.2, -0.15) is 6.41 Å². The number of ether oxygens (including phenoxy) is 3. The van der Waals surface area contributed by atoms with E-state index in [2.05, 4.69) is 32.3 Å². The first-order valence-electron chi connectivity index (χ1n) is 17.7. The van der Waals surface area contributed by atoms with Crippen LogP contribution in [0.1, 0.15) is 86.1 Å². The van der Waals surface area contributed by atoms with E-state index in [9.17, 15) is 28.8 Å². The average Bonchev–Trinajstić information content (AvgIpc) is 3.10. The van der Waals surface area contributed by atoms with Crippen molar-refractivity contribution >= 4 is 48.2 Å². The summed E-state index contributed by atoms with van der Waals surface area (Å²) in [7, 11) is 0. The fraction of sp³-hybridized carbons (Fsp3) is 0.639. The Hall–Kier alpha value is -5.81. The van der Waals surface area contributed by atoms with E-state index in [4.69, 9.17) is 29.8 Å². The van der Waals surface area contributed by atoms with Crippen LogP contribution in [0.5, 0.6) is 0 Å². The molecule has 18 nitrogen and oxygen atoms in total. The van der Waals surface area contributed by atoms with Gasteiger partial charge in [-0.05, 0) is 64.2 Å². The van der Waals surface area contributed by atoms with Gasteiger partial charge in [0.15, 0.2) is 0 Å². The Morgan fingerprint density at radius 2 is 1.45 bits per heavy atom. The molecule has 10 N–H and O–H groups in total. The van der Waals surface area contributed by atoms with Crippen LogP contribution < -0.4 is 38.1 Å². The van der Waals surface area contributed by atoms with Crippen molar-refractivity contribution in [3.63, 3.8) is 0 Å². The monoisotopic (exact) mass is 1030 g/mol. The minimum atomic E-state index is -0.548. The molecule has 0 heterocycles. The number of anilines is 1. The van der Waals surface area contributed by atoms with Gasteiger partial charge in [-0.1, -0.05) is 32.9 Å². The molecule has 0 bridgehead atoms. The van der Waals surface area contributed by atoms with E-state index in [1.165, 1.54) is 0 Å². The van der Waals surface area contributed by atoms with Crippen molar-refractivity contribution in [3.05, 3.63) is 29.8 Å². The number of benzene rings is 1. The van der Waals surface area contributed by atoms with Crippen LogP contribution in [-0.4, -0.2) is 105 Å². The molecule has 0 fully saturated rings. The van der Waals surface area contributed by atoms with Gasteiger partial charge in [0, 0.05) is 44.1 Å². The summed E-state index contributed by atoms with van der Waals surface area (Å²) in [6.45, 7) is 15.6. The number of rotatable bonds is 22. The second-order valence-electron chi connectivity index (χ2n) is 12.6. The zero-order chi connectivity index (χ0) is 41.8. The predicted octanol–water partition coefficient (Wildman–Crippen LogP) is 1.14. The van der Waals surface area contributed by atoms with Gasteiger partial charge in [0.25, 0.3) is 0 Å². The molecule has 0 aromatic heterocycles. The van der Waals surface area contributed by atoms with Crippen molar-refractivity contribution in [2.75, 3.05) is 51.4 Å². The van der Waals surface area contributed by atoms with Crippen LogP contribution in [0.3, 0.4) is 0 Å². The van der Waals surface area contributed by atoms with Crippen molar-refractivity contribution in [1.82, 2.24) is 21.3 Å². The molecule has 0 saturated carbocycles. The van der Waals surface area contributed by atoms with Crippen LogP contribution in [0.15, 0.2) is 24.3 Å². The Balaban J connectivity index is -0.000000364. The summed E-state index contributed by atoms with van der Waals surface area (Å²) in [6, 6.07) is 6.53. The van der Waals surface area contributed by atoms with Gasteiger partial charge >= 0.3 is 12.0 Å². The Bertz CT molecular complexity index is 1190. The number of primary amides is 2. The van der Waals surface area contributed by atoms with E-state index < -0.39 is 6.03 Å². The molecule has 0 radical (unpaired) electrons. The summed E-state index contributed by atoms with van der Waals surface area (Å²) in [5, 5.41) is 21.8. The molecule has 7 amide bonds. The quantitative estimate of drug-likeness (QED) is 0.0268. The normalized spacial score (nSPS) is 10.4.